The van der Waals surface area contributed by atoms with Gasteiger partial charge in [-0.25, -0.2) is 4.79 Å². The standard InChI is InChI=1S/C13H16N6O3/c1-22-12(21)11(20)14-13-16-15-9-5-6-10(17-19(9)13)18-7-3-2-4-8-18/h5-6H,2-4,7-8H2,1H3,(H,14,16,20). The van der Waals surface area contributed by atoms with Crippen molar-refractivity contribution < 1.29 is 14.3 Å². The fraction of sp³-hybridized carbons (Fsp3) is 0.462. The summed E-state index contributed by atoms with van der Waals surface area (Å²) >= 11 is 0. The first-order chi connectivity index (χ1) is 10.7. The predicted molar refractivity (Wildman–Crippen MR) is 77.5 cm³/mol. The molecule has 1 saturated heterocycles. The van der Waals surface area contributed by atoms with E-state index in [9.17, 15) is 9.59 Å². The van der Waals surface area contributed by atoms with Gasteiger partial charge in [0.25, 0.3) is 5.95 Å². The Morgan fingerprint density at radius 1 is 1.18 bits per heavy atom. The minimum atomic E-state index is -0.996. The smallest absolute Gasteiger partial charge is 0.396 e. The van der Waals surface area contributed by atoms with E-state index in [1.165, 1.54) is 10.9 Å². The van der Waals surface area contributed by atoms with Crippen LogP contribution in [-0.2, 0) is 14.3 Å². The molecule has 3 heterocycles. The lowest BCUT2D eigenvalue weighted by molar-refractivity contribution is -0.150. The van der Waals surface area contributed by atoms with Crippen molar-refractivity contribution in [3.05, 3.63) is 12.1 Å². The van der Waals surface area contributed by atoms with E-state index in [0.29, 0.717) is 5.65 Å². The predicted octanol–water partition coefficient (Wildman–Crippen LogP) is 0.226. The Bertz CT molecular complexity index is 707. The summed E-state index contributed by atoms with van der Waals surface area (Å²) in [4.78, 5) is 24.9. The second-order valence-corrected chi connectivity index (χ2v) is 4.98. The number of anilines is 2. The quantitative estimate of drug-likeness (QED) is 0.625. The van der Waals surface area contributed by atoms with Crippen LogP contribution < -0.4 is 10.2 Å². The number of carbonyl (C=O) groups excluding carboxylic acids is 2. The summed E-state index contributed by atoms with van der Waals surface area (Å²) in [6.45, 7) is 1.90. The highest BCUT2D eigenvalue weighted by Crippen LogP contribution is 2.18. The van der Waals surface area contributed by atoms with Crippen LogP contribution >= 0.6 is 0 Å². The Kier molecular flexibility index (Phi) is 3.86. The molecule has 1 fully saturated rings. The van der Waals surface area contributed by atoms with Gasteiger partial charge in [-0.3, -0.25) is 10.1 Å². The summed E-state index contributed by atoms with van der Waals surface area (Å²) < 4.78 is 5.76. The van der Waals surface area contributed by atoms with Crippen LogP contribution in [0.4, 0.5) is 11.8 Å². The summed E-state index contributed by atoms with van der Waals surface area (Å²) in [6.07, 6.45) is 3.49. The number of methoxy groups -OCH3 is 1. The molecule has 2 aromatic heterocycles. The van der Waals surface area contributed by atoms with Crippen molar-refractivity contribution in [1.29, 1.82) is 0 Å². The Morgan fingerprint density at radius 2 is 1.95 bits per heavy atom. The first-order valence-electron chi connectivity index (χ1n) is 7.06. The number of nitrogens with one attached hydrogen (secondary N) is 1. The van der Waals surface area contributed by atoms with Gasteiger partial charge in [0, 0.05) is 13.1 Å². The number of rotatable bonds is 2. The van der Waals surface area contributed by atoms with Gasteiger partial charge in [-0.05, 0) is 31.4 Å². The molecule has 1 N–H and O–H groups in total. The molecule has 3 rings (SSSR count). The number of aromatic nitrogens is 4. The molecule has 0 bridgehead atoms. The second-order valence-electron chi connectivity index (χ2n) is 4.98. The van der Waals surface area contributed by atoms with Gasteiger partial charge in [0.15, 0.2) is 5.65 Å². The molecule has 9 heteroatoms. The van der Waals surface area contributed by atoms with Gasteiger partial charge in [-0.2, -0.15) is 4.52 Å². The van der Waals surface area contributed by atoms with E-state index in [0.717, 1.165) is 38.9 Å². The van der Waals surface area contributed by atoms with Gasteiger partial charge in [0.2, 0.25) is 0 Å². The second kappa shape index (κ2) is 5.96. The van der Waals surface area contributed by atoms with Crippen LogP contribution in [0.1, 0.15) is 19.3 Å². The van der Waals surface area contributed by atoms with Gasteiger partial charge in [-0.1, -0.05) is 0 Å². The molecule has 9 nitrogen and oxygen atoms in total. The van der Waals surface area contributed by atoms with E-state index < -0.39 is 11.9 Å². The first kappa shape index (κ1) is 14.2. The van der Waals surface area contributed by atoms with Crippen molar-refractivity contribution in [2.45, 2.75) is 19.3 Å². The lowest BCUT2D eigenvalue weighted by atomic mass is 10.1. The number of hydrogen-bond donors (Lipinski definition) is 1. The van der Waals surface area contributed by atoms with E-state index in [1.807, 2.05) is 6.07 Å². The highest BCUT2D eigenvalue weighted by atomic mass is 16.5. The average Bonchev–Trinajstić information content (AvgIpc) is 2.97. The lowest BCUT2D eigenvalue weighted by Crippen LogP contribution is -2.30. The van der Waals surface area contributed by atoms with Crippen molar-refractivity contribution in [2.75, 3.05) is 30.4 Å². The summed E-state index contributed by atoms with van der Waals surface area (Å²) in [5, 5.41) is 14.5. The zero-order chi connectivity index (χ0) is 15.5. The number of carbonyl (C=O) groups is 2. The lowest BCUT2D eigenvalue weighted by Gasteiger charge is -2.27. The molecule has 116 valence electrons. The van der Waals surface area contributed by atoms with E-state index in [2.05, 4.69) is 30.2 Å². The molecule has 0 spiro atoms. The third-order valence-electron chi connectivity index (χ3n) is 3.52. The van der Waals surface area contributed by atoms with E-state index in [-0.39, 0.29) is 5.95 Å². The molecule has 2 aromatic rings. The van der Waals surface area contributed by atoms with Gasteiger partial charge >= 0.3 is 11.9 Å². The highest BCUT2D eigenvalue weighted by molar-refractivity contribution is 6.37. The minimum Gasteiger partial charge on any atom is -0.462 e. The largest absolute Gasteiger partial charge is 0.462 e. The summed E-state index contributed by atoms with van der Waals surface area (Å²) in [5.41, 5.74) is 0.487. The van der Waals surface area contributed by atoms with Crippen LogP contribution in [0.15, 0.2) is 12.1 Å². The molecule has 0 aromatic carbocycles. The number of ether oxygens (including phenoxy) is 1. The van der Waals surface area contributed by atoms with Crippen molar-refractivity contribution in [2.24, 2.45) is 0 Å². The van der Waals surface area contributed by atoms with Crippen LogP contribution in [0.25, 0.3) is 5.65 Å². The van der Waals surface area contributed by atoms with Crippen LogP contribution in [0.2, 0.25) is 0 Å². The van der Waals surface area contributed by atoms with Gasteiger partial charge in [0.05, 0.1) is 7.11 Å². The van der Waals surface area contributed by atoms with Crippen LogP contribution in [0.5, 0.6) is 0 Å². The van der Waals surface area contributed by atoms with E-state index in [1.54, 1.807) is 6.07 Å². The number of nitrogens with zero attached hydrogens (tertiary/aromatic N) is 5. The fourth-order valence-corrected chi connectivity index (χ4v) is 2.39. The van der Waals surface area contributed by atoms with Gasteiger partial charge in [-0.15, -0.1) is 15.3 Å². The monoisotopic (exact) mass is 304 g/mol. The fourth-order valence-electron chi connectivity index (χ4n) is 2.39. The number of esters is 1. The number of amides is 1. The molecule has 0 saturated carbocycles. The number of hydrogen-bond acceptors (Lipinski definition) is 7. The van der Waals surface area contributed by atoms with Gasteiger partial charge < -0.3 is 9.64 Å². The summed E-state index contributed by atoms with van der Waals surface area (Å²) in [6, 6.07) is 3.65. The molecule has 0 radical (unpaired) electrons. The molecule has 1 amide bonds. The Morgan fingerprint density at radius 3 is 2.68 bits per heavy atom. The normalized spacial score (nSPS) is 14.9. The molecular formula is C13H16N6O3. The molecule has 0 atom stereocenters. The molecule has 0 aliphatic carbocycles. The molecule has 22 heavy (non-hydrogen) atoms. The van der Waals surface area contributed by atoms with Crippen molar-refractivity contribution in [3.8, 4) is 0 Å². The third-order valence-corrected chi connectivity index (χ3v) is 3.52. The van der Waals surface area contributed by atoms with Crippen LogP contribution in [0, 0.1) is 0 Å². The van der Waals surface area contributed by atoms with Crippen LogP contribution in [0.3, 0.4) is 0 Å². The van der Waals surface area contributed by atoms with Crippen molar-refractivity contribution >= 4 is 29.3 Å². The molecular weight excluding hydrogens is 288 g/mol. The zero-order valence-electron chi connectivity index (χ0n) is 12.2. The minimum absolute atomic E-state index is 0.0873. The maximum absolute atomic E-state index is 11.6. The molecule has 0 unspecified atom stereocenters. The maximum Gasteiger partial charge on any atom is 0.396 e. The Labute approximate surface area is 126 Å². The maximum atomic E-state index is 11.6. The molecule has 1 aliphatic rings. The zero-order valence-corrected chi connectivity index (χ0v) is 12.2. The van der Waals surface area contributed by atoms with Gasteiger partial charge in [0.1, 0.15) is 5.82 Å². The Hall–Kier alpha value is -2.71. The number of fused-ring (bicyclic) bond motifs is 1. The highest BCUT2D eigenvalue weighted by Gasteiger charge is 2.19. The Balaban J connectivity index is 1.88. The SMILES string of the molecule is COC(=O)C(=O)Nc1nnc2ccc(N3CCCCC3)nn12. The van der Waals surface area contributed by atoms with Crippen molar-refractivity contribution in [3.63, 3.8) is 0 Å². The average molecular weight is 304 g/mol. The van der Waals surface area contributed by atoms with E-state index >= 15 is 0 Å². The third kappa shape index (κ3) is 2.69. The number of piperidine rings is 1. The topological polar surface area (TPSA) is 102 Å². The summed E-state index contributed by atoms with van der Waals surface area (Å²) in [5.74, 6) is -1.03. The van der Waals surface area contributed by atoms with Crippen LogP contribution in [-0.4, -0.2) is 51.9 Å². The molecule has 1 aliphatic heterocycles. The first-order valence-corrected chi connectivity index (χ1v) is 7.06. The summed E-state index contributed by atoms with van der Waals surface area (Å²) in [7, 11) is 1.14. The van der Waals surface area contributed by atoms with Crippen molar-refractivity contribution in [1.82, 2.24) is 19.8 Å². The van der Waals surface area contributed by atoms with E-state index in [4.69, 9.17) is 0 Å².